The number of hydrogen-bond donors (Lipinski definition) is 3. The van der Waals surface area contributed by atoms with Crippen LogP contribution in [0.3, 0.4) is 0 Å². The van der Waals surface area contributed by atoms with Gasteiger partial charge in [-0.1, -0.05) is 19.9 Å². The van der Waals surface area contributed by atoms with Crippen LogP contribution in [-0.2, 0) is 16.6 Å². The topological polar surface area (TPSA) is 102 Å². The number of rotatable bonds is 3. The van der Waals surface area contributed by atoms with E-state index in [-0.39, 0.29) is 17.6 Å². The third-order valence-corrected chi connectivity index (χ3v) is 5.60. The Morgan fingerprint density at radius 2 is 2.23 bits per heavy atom. The molecule has 1 aliphatic heterocycles. The largest absolute Gasteiger partial charge is 0.442 e. The number of hydrogen-bond acceptors (Lipinski definition) is 6. The summed E-state index contributed by atoms with van der Waals surface area (Å²) in [6.07, 6.45) is 1.76. The molecule has 1 atom stereocenters. The van der Waals surface area contributed by atoms with E-state index in [9.17, 15) is 4.79 Å². The average Bonchev–Trinajstić information content (AvgIpc) is 2.99. The quantitative estimate of drug-likeness (QED) is 0.709. The van der Waals surface area contributed by atoms with Crippen molar-refractivity contribution < 1.29 is 9.53 Å². The first-order valence-corrected chi connectivity index (χ1v) is 9.27. The molecule has 2 aromatic rings. The first kappa shape index (κ1) is 17.1. The summed E-state index contributed by atoms with van der Waals surface area (Å²) in [6, 6.07) is 4.06. The molecule has 4 N–H and O–H groups in total. The van der Waals surface area contributed by atoms with E-state index in [0.717, 1.165) is 33.4 Å². The average molecular weight is 418 g/mol. The maximum absolute atomic E-state index is 11.2. The van der Waals surface area contributed by atoms with E-state index in [4.69, 9.17) is 10.5 Å². The number of nitrogen functional groups attached to an aromatic ring is 1. The summed E-state index contributed by atoms with van der Waals surface area (Å²) < 4.78 is 6.18. The van der Waals surface area contributed by atoms with Crippen molar-refractivity contribution in [3.63, 3.8) is 0 Å². The van der Waals surface area contributed by atoms with Crippen LogP contribution in [0.15, 0.2) is 22.9 Å². The Kier molecular flexibility index (Phi) is 4.02. The summed E-state index contributed by atoms with van der Waals surface area (Å²) in [4.78, 5) is 19.9. The van der Waals surface area contributed by atoms with Gasteiger partial charge >= 0.3 is 6.09 Å². The molecule has 1 saturated heterocycles. The second-order valence-electron chi connectivity index (χ2n) is 7.28. The van der Waals surface area contributed by atoms with Gasteiger partial charge in [-0.15, -0.1) is 0 Å². The minimum Gasteiger partial charge on any atom is -0.442 e. The van der Waals surface area contributed by atoms with E-state index in [2.05, 4.69) is 56.4 Å². The fourth-order valence-corrected chi connectivity index (χ4v) is 4.29. The summed E-state index contributed by atoms with van der Waals surface area (Å²) in [5.74, 6) is 0.534. The lowest BCUT2D eigenvalue weighted by atomic mass is 9.71. The van der Waals surface area contributed by atoms with Gasteiger partial charge in [-0.05, 0) is 39.4 Å². The number of benzene rings is 1. The minimum absolute atomic E-state index is 0.188. The lowest BCUT2D eigenvalue weighted by Crippen LogP contribution is -2.30. The molecule has 0 unspecified atom stereocenters. The van der Waals surface area contributed by atoms with Crippen LogP contribution in [-0.4, -0.2) is 35.3 Å². The number of nitrogens with one attached hydrogen (secondary N) is 2. The summed E-state index contributed by atoms with van der Waals surface area (Å²) in [6.45, 7) is 5.35. The highest BCUT2D eigenvalue weighted by molar-refractivity contribution is 9.10. The summed E-state index contributed by atoms with van der Waals surface area (Å²) in [5.41, 5.74) is 11.1. The van der Waals surface area contributed by atoms with E-state index in [1.54, 1.807) is 0 Å². The van der Waals surface area contributed by atoms with Gasteiger partial charge in [0.15, 0.2) is 0 Å². The van der Waals surface area contributed by atoms with Crippen LogP contribution in [0.4, 0.5) is 16.3 Å². The summed E-state index contributed by atoms with van der Waals surface area (Å²) in [7, 11) is 0. The highest BCUT2D eigenvalue weighted by Gasteiger charge is 2.36. The van der Waals surface area contributed by atoms with Crippen molar-refractivity contribution in [3.05, 3.63) is 34.1 Å². The standard InChI is InChI=1S/C18H20BrN5O2/c1-18(2)5-11-10(15-13(18)16(20)24-8-23-15)3-4-12(19)14(11)21-6-9-7-22-17(25)26-9/h3-4,8-9,21H,5-7H2,1-2H3,(H,22,25)(H2,20,23,24)/t9-/m1/s1. The second kappa shape index (κ2) is 6.12. The molecule has 1 aromatic heterocycles. The molecule has 0 spiro atoms. The number of fused-ring (bicyclic) bond motifs is 3. The van der Waals surface area contributed by atoms with E-state index >= 15 is 0 Å². The number of anilines is 2. The molecule has 8 heteroatoms. The lowest BCUT2D eigenvalue weighted by Gasteiger charge is -2.35. The van der Waals surface area contributed by atoms with Crippen LogP contribution in [0.1, 0.15) is 25.0 Å². The van der Waals surface area contributed by atoms with Crippen molar-refractivity contribution >= 4 is 33.5 Å². The Bertz CT molecular complexity index is 899. The number of carbonyl (C=O) groups excluding carboxylic acids is 1. The predicted octanol–water partition coefficient (Wildman–Crippen LogP) is 2.84. The molecule has 1 aliphatic carbocycles. The molecule has 1 aromatic carbocycles. The van der Waals surface area contributed by atoms with Crippen LogP contribution in [0, 0.1) is 0 Å². The minimum atomic E-state index is -0.367. The van der Waals surface area contributed by atoms with Crippen molar-refractivity contribution in [1.82, 2.24) is 15.3 Å². The first-order chi connectivity index (χ1) is 12.4. The van der Waals surface area contributed by atoms with Crippen LogP contribution < -0.4 is 16.4 Å². The van der Waals surface area contributed by atoms with E-state index < -0.39 is 0 Å². The fourth-order valence-electron chi connectivity index (χ4n) is 3.78. The zero-order chi connectivity index (χ0) is 18.5. The molecule has 1 amide bonds. The van der Waals surface area contributed by atoms with Gasteiger partial charge in [0.2, 0.25) is 0 Å². The molecule has 1 fully saturated rings. The van der Waals surface area contributed by atoms with Gasteiger partial charge in [0.25, 0.3) is 0 Å². The Balaban J connectivity index is 1.75. The third kappa shape index (κ3) is 2.78. The van der Waals surface area contributed by atoms with Crippen LogP contribution in [0.5, 0.6) is 0 Å². The normalized spacial score (nSPS) is 20.0. The molecule has 136 valence electrons. The smallest absolute Gasteiger partial charge is 0.407 e. The SMILES string of the molecule is CC1(C)Cc2c(ccc(Br)c2NC[C@@H]2CNC(=O)O2)-c2ncnc(N)c21. The number of amides is 1. The number of nitrogens with two attached hydrogens (primary N) is 1. The van der Waals surface area contributed by atoms with Crippen molar-refractivity contribution in [3.8, 4) is 11.3 Å². The molecule has 0 radical (unpaired) electrons. The molecule has 0 bridgehead atoms. The highest BCUT2D eigenvalue weighted by Crippen LogP contribution is 2.47. The number of halogens is 1. The van der Waals surface area contributed by atoms with Crippen molar-refractivity contribution in [2.75, 3.05) is 24.1 Å². The number of aromatic nitrogens is 2. The van der Waals surface area contributed by atoms with Gasteiger partial charge in [0, 0.05) is 15.6 Å². The fraction of sp³-hybridized carbons (Fsp3) is 0.389. The first-order valence-electron chi connectivity index (χ1n) is 8.48. The Labute approximate surface area is 159 Å². The predicted molar refractivity (Wildman–Crippen MR) is 103 cm³/mol. The maximum atomic E-state index is 11.2. The number of alkyl carbamates (subject to hydrolysis) is 1. The van der Waals surface area contributed by atoms with Crippen LogP contribution in [0.25, 0.3) is 11.3 Å². The van der Waals surface area contributed by atoms with Crippen molar-refractivity contribution in [1.29, 1.82) is 0 Å². The van der Waals surface area contributed by atoms with Crippen molar-refractivity contribution in [2.45, 2.75) is 31.8 Å². The molecular weight excluding hydrogens is 398 g/mol. The van der Waals surface area contributed by atoms with Gasteiger partial charge in [0.05, 0.1) is 24.5 Å². The molecule has 2 aliphatic rings. The van der Waals surface area contributed by atoms with Gasteiger partial charge in [0.1, 0.15) is 18.2 Å². The zero-order valence-electron chi connectivity index (χ0n) is 14.6. The summed E-state index contributed by atoms with van der Waals surface area (Å²) >= 11 is 3.65. The molecule has 2 heterocycles. The number of nitrogens with zero attached hydrogens (tertiary/aromatic N) is 2. The summed E-state index contributed by atoms with van der Waals surface area (Å²) in [5, 5.41) is 6.12. The van der Waals surface area contributed by atoms with E-state index in [1.165, 1.54) is 11.9 Å². The highest BCUT2D eigenvalue weighted by atomic mass is 79.9. The molecule has 4 rings (SSSR count). The molecule has 0 saturated carbocycles. The van der Waals surface area contributed by atoms with Gasteiger partial charge in [-0.3, -0.25) is 0 Å². The Hall–Kier alpha value is -2.35. The number of carbonyl (C=O) groups is 1. The third-order valence-electron chi connectivity index (χ3n) is 4.94. The van der Waals surface area contributed by atoms with Crippen LogP contribution >= 0.6 is 15.9 Å². The number of cyclic esters (lactones) is 1. The van der Waals surface area contributed by atoms with Gasteiger partial charge in [-0.2, -0.15) is 0 Å². The lowest BCUT2D eigenvalue weighted by molar-refractivity contribution is 0.145. The molecule has 26 heavy (non-hydrogen) atoms. The molecule has 7 nitrogen and oxygen atoms in total. The zero-order valence-corrected chi connectivity index (χ0v) is 16.2. The van der Waals surface area contributed by atoms with Crippen LogP contribution in [0.2, 0.25) is 0 Å². The van der Waals surface area contributed by atoms with Crippen molar-refractivity contribution in [2.24, 2.45) is 0 Å². The second-order valence-corrected chi connectivity index (χ2v) is 8.14. The monoisotopic (exact) mass is 417 g/mol. The van der Waals surface area contributed by atoms with E-state index in [0.29, 0.717) is 18.9 Å². The number of ether oxygens (including phenoxy) is 1. The van der Waals surface area contributed by atoms with Gasteiger partial charge in [-0.25, -0.2) is 14.8 Å². The van der Waals surface area contributed by atoms with Gasteiger partial charge < -0.3 is 21.1 Å². The maximum Gasteiger partial charge on any atom is 0.407 e. The molecular formula is C18H20BrN5O2. The Morgan fingerprint density at radius 1 is 1.42 bits per heavy atom. The van der Waals surface area contributed by atoms with E-state index in [1.807, 2.05) is 6.07 Å². The Morgan fingerprint density at radius 3 is 2.96 bits per heavy atom.